The van der Waals surface area contributed by atoms with Gasteiger partial charge in [-0.25, -0.2) is 0 Å². The van der Waals surface area contributed by atoms with E-state index in [0.717, 1.165) is 7.11 Å². The first kappa shape index (κ1) is 10.4. The maximum atomic E-state index is 10.6. The Morgan fingerprint density at radius 1 is 1.50 bits per heavy atom. The predicted molar refractivity (Wildman–Crippen MR) is 46.4 cm³/mol. The van der Waals surface area contributed by atoms with Crippen molar-refractivity contribution in [3.63, 3.8) is 0 Å². The van der Waals surface area contributed by atoms with E-state index in [1.54, 1.807) is 7.05 Å². The zero-order chi connectivity index (χ0) is 9.72. The van der Waals surface area contributed by atoms with Crippen molar-refractivity contribution in [1.82, 2.24) is 9.55 Å². The van der Waals surface area contributed by atoms with Gasteiger partial charge in [-0.15, -0.1) is 0 Å². The fourth-order valence-electron chi connectivity index (χ4n) is 0.576. The lowest BCUT2D eigenvalue weighted by Crippen LogP contribution is -2.17. The Morgan fingerprint density at radius 2 is 2.00 bits per heavy atom. The minimum absolute atomic E-state index is 0.130. The highest BCUT2D eigenvalue weighted by molar-refractivity contribution is 5.34. The van der Waals surface area contributed by atoms with Crippen LogP contribution >= 0.6 is 0 Å². The minimum atomic E-state index is -0.409. The molecule has 0 radical (unpaired) electrons. The molecule has 0 unspecified atom stereocenters. The van der Waals surface area contributed by atoms with Gasteiger partial charge in [-0.1, -0.05) is 0 Å². The highest BCUT2D eigenvalue weighted by atomic mass is 16.2. The van der Waals surface area contributed by atoms with Crippen LogP contribution in [0.25, 0.3) is 0 Å². The summed E-state index contributed by atoms with van der Waals surface area (Å²) in [6, 6.07) is 1.22. The quantitative estimate of drug-likeness (QED) is 0.444. The summed E-state index contributed by atoms with van der Waals surface area (Å²) in [5, 5.41) is 7.00. The molecule has 6 nitrogen and oxygen atoms in total. The smallest absolute Gasteiger partial charge is 0.276 e. The molecule has 68 valence electrons. The lowest BCUT2D eigenvalue weighted by atomic mass is 10.5. The standard InChI is InChI=1S/C5H8N4O.CH4O/c1-9-3(6)2-4(10)8-5(9)7;1-2/h2H,6H2,1H3,(H2,7,8,10);2H,1H3. The first-order chi connectivity index (χ1) is 5.61. The van der Waals surface area contributed by atoms with Gasteiger partial charge in [-0.2, -0.15) is 4.98 Å². The lowest BCUT2D eigenvalue weighted by Gasteiger charge is -2.03. The van der Waals surface area contributed by atoms with Crippen LogP contribution in [0, 0.1) is 0 Å². The number of nitrogens with two attached hydrogens (primary N) is 2. The number of aliphatic hydroxyl groups excluding tert-OH is 1. The molecule has 0 aliphatic heterocycles. The number of nitrogens with zero attached hydrogens (tertiary/aromatic N) is 2. The van der Waals surface area contributed by atoms with Gasteiger partial charge in [0.05, 0.1) is 0 Å². The van der Waals surface area contributed by atoms with Crippen LogP contribution in [0.15, 0.2) is 10.9 Å². The second-order valence-electron chi connectivity index (χ2n) is 1.94. The molecule has 1 aromatic heterocycles. The summed E-state index contributed by atoms with van der Waals surface area (Å²) in [5.74, 6) is 0.447. The maximum Gasteiger partial charge on any atom is 0.276 e. The van der Waals surface area contributed by atoms with Crippen LogP contribution in [0.1, 0.15) is 0 Å². The number of hydrogen-bond donors (Lipinski definition) is 3. The fraction of sp³-hybridized carbons (Fsp3) is 0.333. The molecule has 1 rings (SSSR count). The topological polar surface area (TPSA) is 107 Å². The van der Waals surface area contributed by atoms with Crippen molar-refractivity contribution in [3.8, 4) is 0 Å². The van der Waals surface area contributed by atoms with Crippen LogP contribution in [-0.2, 0) is 7.05 Å². The number of aliphatic hydroxyl groups is 1. The zero-order valence-electron chi connectivity index (χ0n) is 6.98. The largest absolute Gasteiger partial charge is 0.400 e. The predicted octanol–water partition coefficient (Wildman–Crippen LogP) is -1.45. The third-order valence-corrected chi connectivity index (χ3v) is 1.23. The molecule has 0 bridgehead atoms. The van der Waals surface area contributed by atoms with Crippen molar-refractivity contribution >= 4 is 11.8 Å². The summed E-state index contributed by atoms with van der Waals surface area (Å²) in [7, 11) is 2.64. The molecular formula is C6H12N4O2. The van der Waals surface area contributed by atoms with Gasteiger partial charge in [0.2, 0.25) is 5.95 Å². The van der Waals surface area contributed by atoms with Gasteiger partial charge < -0.3 is 21.1 Å². The zero-order valence-corrected chi connectivity index (χ0v) is 6.98. The Bertz CT molecular complexity index is 281. The number of anilines is 2. The van der Waals surface area contributed by atoms with E-state index in [2.05, 4.69) is 4.98 Å². The monoisotopic (exact) mass is 172 g/mol. The normalized spacial score (nSPS) is 8.58. The molecular weight excluding hydrogens is 160 g/mol. The van der Waals surface area contributed by atoms with Gasteiger partial charge in [0.25, 0.3) is 5.56 Å². The summed E-state index contributed by atoms with van der Waals surface area (Å²) in [5.41, 5.74) is 10.2. The van der Waals surface area contributed by atoms with E-state index >= 15 is 0 Å². The Balaban J connectivity index is 0.000000561. The van der Waals surface area contributed by atoms with Crippen LogP contribution in [-0.4, -0.2) is 21.8 Å². The van der Waals surface area contributed by atoms with Crippen molar-refractivity contribution in [3.05, 3.63) is 16.4 Å². The summed E-state index contributed by atoms with van der Waals surface area (Å²) in [6.07, 6.45) is 0. The average Bonchev–Trinajstić information content (AvgIpc) is 2.04. The molecule has 0 amide bonds. The number of rotatable bonds is 0. The second-order valence-corrected chi connectivity index (χ2v) is 1.94. The first-order valence-electron chi connectivity index (χ1n) is 3.15. The molecule has 0 aromatic carbocycles. The molecule has 0 aliphatic carbocycles. The van der Waals surface area contributed by atoms with E-state index in [1.165, 1.54) is 10.6 Å². The number of aromatic nitrogens is 2. The highest BCUT2D eigenvalue weighted by Gasteiger charge is 1.96. The second kappa shape index (κ2) is 4.35. The van der Waals surface area contributed by atoms with Crippen LogP contribution in [0.5, 0.6) is 0 Å². The van der Waals surface area contributed by atoms with Crippen molar-refractivity contribution in [2.45, 2.75) is 0 Å². The fourth-order valence-corrected chi connectivity index (χ4v) is 0.576. The molecule has 1 aromatic rings. The third kappa shape index (κ3) is 2.24. The van der Waals surface area contributed by atoms with Crippen molar-refractivity contribution in [2.24, 2.45) is 7.05 Å². The first-order valence-corrected chi connectivity index (χ1v) is 3.15. The number of nitrogen functional groups attached to an aromatic ring is 2. The lowest BCUT2D eigenvalue weighted by molar-refractivity contribution is 0.399. The third-order valence-electron chi connectivity index (χ3n) is 1.23. The molecule has 0 aliphatic rings. The Labute approximate surface area is 69.5 Å². The summed E-state index contributed by atoms with van der Waals surface area (Å²) in [4.78, 5) is 14.0. The Hall–Kier alpha value is -1.56. The summed E-state index contributed by atoms with van der Waals surface area (Å²) in [6.45, 7) is 0. The van der Waals surface area contributed by atoms with Gasteiger partial charge in [0, 0.05) is 20.2 Å². The SMILES string of the molecule is CO.Cn1c(N)cc(=O)nc1N. The van der Waals surface area contributed by atoms with Gasteiger partial charge >= 0.3 is 0 Å². The Kier molecular flexibility index (Phi) is 3.78. The van der Waals surface area contributed by atoms with E-state index in [4.69, 9.17) is 16.6 Å². The van der Waals surface area contributed by atoms with Crippen LogP contribution < -0.4 is 17.0 Å². The molecule has 12 heavy (non-hydrogen) atoms. The van der Waals surface area contributed by atoms with E-state index in [-0.39, 0.29) is 5.95 Å². The minimum Gasteiger partial charge on any atom is -0.400 e. The molecule has 0 fully saturated rings. The highest BCUT2D eigenvalue weighted by Crippen LogP contribution is 1.98. The molecule has 5 N–H and O–H groups in total. The number of hydrogen-bond acceptors (Lipinski definition) is 5. The van der Waals surface area contributed by atoms with Crippen LogP contribution in [0.2, 0.25) is 0 Å². The van der Waals surface area contributed by atoms with E-state index in [9.17, 15) is 4.79 Å². The summed E-state index contributed by atoms with van der Waals surface area (Å²) < 4.78 is 1.43. The molecule has 0 atom stereocenters. The Morgan fingerprint density at radius 3 is 2.42 bits per heavy atom. The molecule has 0 spiro atoms. The average molecular weight is 172 g/mol. The van der Waals surface area contributed by atoms with E-state index in [0.29, 0.717) is 5.82 Å². The van der Waals surface area contributed by atoms with E-state index in [1.807, 2.05) is 0 Å². The van der Waals surface area contributed by atoms with Gasteiger partial charge in [0.1, 0.15) is 5.82 Å². The summed E-state index contributed by atoms with van der Waals surface area (Å²) >= 11 is 0. The van der Waals surface area contributed by atoms with Crippen LogP contribution in [0.3, 0.4) is 0 Å². The molecule has 0 saturated carbocycles. The van der Waals surface area contributed by atoms with Crippen molar-refractivity contribution < 1.29 is 5.11 Å². The van der Waals surface area contributed by atoms with Gasteiger partial charge in [-0.05, 0) is 0 Å². The van der Waals surface area contributed by atoms with Gasteiger partial charge in [0.15, 0.2) is 0 Å². The van der Waals surface area contributed by atoms with E-state index < -0.39 is 5.56 Å². The molecule has 6 heteroatoms. The maximum absolute atomic E-state index is 10.6. The van der Waals surface area contributed by atoms with Crippen molar-refractivity contribution in [2.75, 3.05) is 18.6 Å². The van der Waals surface area contributed by atoms with Crippen LogP contribution in [0.4, 0.5) is 11.8 Å². The molecule has 1 heterocycles. The van der Waals surface area contributed by atoms with Gasteiger partial charge in [-0.3, -0.25) is 4.79 Å². The molecule has 0 saturated heterocycles. The van der Waals surface area contributed by atoms with Crippen molar-refractivity contribution in [1.29, 1.82) is 0 Å².